The van der Waals surface area contributed by atoms with E-state index in [2.05, 4.69) is 30.1 Å². The molecule has 0 aromatic heterocycles. The number of benzene rings is 2. The van der Waals surface area contributed by atoms with Gasteiger partial charge in [-0.2, -0.15) is 0 Å². The Morgan fingerprint density at radius 2 is 1.74 bits per heavy atom. The van der Waals surface area contributed by atoms with Crippen molar-refractivity contribution in [3.8, 4) is 5.75 Å². The molecule has 0 spiro atoms. The van der Waals surface area contributed by atoms with Crippen LogP contribution in [0.15, 0.2) is 48.5 Å². The molecular weight excluding hydrogens is 391 g/mol. The van der Waals surface area contributed by atoms with Crippen molar-refractivity contribution in [1.29, 1.82) is 0 Å². The Bertz CT molecular complexity index is 841. The molecule has 31 heavy (non-hydrogen) atoms. The number of ether oxygens (including phenoxy) is 1. The normalized spacial score (nSPS) is 15.6. The van der Waals surface area contributed by atoms with Gasteiger partial charge in [-0.25, -0.2) is 4.39 Å². The van der Waals surface area contributed by atoms with E-state index in [1.807, 2.05) is 30.3 Å². The fraction of sp³-hybridized carbons (Fsp3) is 0.500. The van der Waals surface area contributed by atoms with Gasteiger partial charge >= 0.3 is 0 Å². The molecule has 1 saturated heterocycles. The van der Waals surface area contributed by atoms with E-state index < -0.39 is 0 Å². The Morgan fingerprint density at radius 3 is 2.35 bits per heavy atom. The summed E-state index contributed by atoms with van der Waals surface area (Å²) >= 11 is 0. The van der Waals surface area contributed by atoms with Gasteiger partial charge in [0.15, 0.2) is 0 Å². The molecule has 2 aromatic rings. The summed E-state index contributed by atoms with van der Waals surface area (Å²) in [6.45, 7) is 7.51. The Morgan fingerprint density at radius 1 is 1.10 bits per heavy atom. The zero-order valence-corrected chi connectivity index (χ0v) is 19.0. The molecule has 0 radical (unpaired) electrons. The number of likely N-dealkylation sites (tertiary alicyclic amines) is 1. The molecule has 0 saturated carbocycles. The van der Waals surface area contributed by atoms with Crippen LogP contribution >= 0.6 is 0 Å². The van der Waals surface area contributed by atoms with Gasteiger partial charge in [0, 0.05) is 30.0 Å². The molecular formula is C26H35FN2O2. The summed E-state index contributed by atoms with van der Waals surface area (Å²) in [5, 5.41) is 3.22. The molecule has 5 heteroatoms. The van der Waals surface area contributed by atoms with Crippen LogP contribution in [-0.4, -0.2) is 37.6 Å². The fourth-order valence-electron chi connectivity index (χ4n) is 4.64. The Labute approximate surface area is 185 Å². The highest BCUT2D eigenvalue weighted by Gasteiger charge is 2.31. The summed E-state index contributed by atoms with van der Waals surface area (Å²) in [6, 6.07) is 14.8. The summed E-state index contributed by atoms with van der Waals surface area (Å²) in [5.74, 6) is 0.881. The maximum absolute atomic E-state index is 13.4. The summed E-state index contributed by atoms with van der Waals surface area (Å²) in [6.07, 6.45) is 3.52. The van der Waals surface area contributed by atoms with Crippen LogP contribution in [0.1, 0.15) is 50.7 Å². The van der Waals surface area contributed by atoms with Crippen LogP contribution in [0.5, 0.6) is 5.75 Å². The van der Waals surface area contributed by atoms with E-state index in [0.717, 1.165) is 56.6 Å². The molecule has 0 atom stereocenters. The lowest BCUT2D eigenvalue weighted by Gasteiger charge is -2.35. The average Bonchev–Trinajstić information content (AvgIpc) is 2.81. The van der Waals surface area contributed by atoms with Crippen molar-refractivity contribution in [1.82, 2.24) is 10.2 Å². The second kappa shape index (κ2) is 10.8. The zero-order valence-electron chi connectivity index (χ0n) is 19.0. The van der Waals surface area contributed by atoms with Crippen molar-refractivity contribution in [3.05, 3.63) is 65.5 Å². The van der Waals surface area contributed by atoms with E-state index in [-0.39, 0.29) is 23.1 Å². The smallest absolute Gasteiger partial charge is 0.223 e. The standard InChI is InChI=1S/C26H35FN2O2/c1-4-26(5-2,22-10-12-23(27)13-11-22)19-28-25(30)20-14-16-29(17-15-20)18-21-8-6-7-9-24(21)31-3/h6-13,20H,4-5,14-19H2,1-3H3,(H,28,30). The number of halogens is 1. The SMILES string of the molecule is CCC(CC)(CNC(=O)C1CCN(Cc2ccccc2OC)CC1)c1ccc(F)cc1. The van der Waals surface area contributed by atoms with Crippen LogP contribution in [0.2, 0.25) is 0 Å². The summed E-state index contributed by atoms with van der Waals surface area (Å²) in [5.41, 5.74) is 2.11. The van der Waals surface area contributed by atoms with Crippen LogP contribution in [0.3, 0.4) is 0 Å². The summed E-state index contributed by atoms with van der Waals surface area (Å²) < 4.78 is 18.8. The molecule has 0 aliphatic carbocycles. The molecule has 1 N–H and O–H groups in total. The molecule has 0 unspecified atom stereocenters. The molecule has 4 nitrogen and oxygen atoms in total. The van der Waals surface area contributed by atoms with E-state index >= 15 is 0 Å². The van der Waals surface area contributed by atoms with E-state index in [4.69, 9.17) is 4.74 Å². The van der Waals surface area contributed by atoms with Crippen LogP contribution in [0, 0.1) is 11.7 Å². The predicted molar refractivity (Wildman–Crippen MR) is 123 cm³/mol. The van der Waals surface area contributed by atoms with Crippen LogP contribution in [0.25, 0.3) is 0 Å². The number of methoxy groups -OCH3 is 1. The first kappa shape index (κ1) is 23.3. The van der Waals surface area contributed by atoms with E-state index in [0.29, 0.717) is 6.54 Å². The number of hydrogen-bond acceptors (Lipinski definition) is 3. The molecule has 1 fully saturated rings. The second-order valence-electron chi connectivity index (χ2n) is 8.57. The topological polar surface area (TPSA) is 41.6 Å². The largest absolute Gasteiger partial charge is 0.496 e. The van der Waals surface area contributed by atoms with Gasteiger partial charge in [0.2, 0.25) is 5.91 Å². The van der Waals surface area contributed by atoms with Crippen LogP contribution in [-0.2, 0) is 16.8 Å². The number of nitrogens with zero attached hydrogens (tertiary/aromatic N) is 1. The van der Waals surface area contributed by atoms with Crippen molar-refractivity contribution >= 4 is 5.91 Å². The maximum atomic E-state index is 13.4. The second-order valence-corrected chi connectivity index (χ2v) is 8.57. The van der Waals surface area contributed by atoms with Crippen molar-refractivity contribution in [2.45, 2.75) is 51.5 Å². The van der Waals surface area contributed by atoms with Crippen molar-refractivity contribution in [2.75, 3.05) is 26.7 Å². The highest BCUT2D eigenvalue weighted by atomic mass is 19.1. The number of piperidine rings is 1. The number of para-hydroxylation sites is 1. The van der Waals surface area contributed by atoms with E-state index in [1.54, 1.807) is 7.11 Å². The van der Waals surface area contributed by atoms with Gasteiger partial charge in [-0.3, -0.25) is 9.69 Å². The van der Waals surface area contributed by atoms with E-state index in [9.17, 15) is 9.18 Å². The van der Waals surface area contributed by atoms with E-state index in [1.165, 1.54) is 17.7 Å². The van der Waals surface area contributed by atoms with Gasteiger partial charge in [0.05, 0.1) is 7.11 Å². The lowest BCUT2D eigenvalue weighted by Crippen LogP contribution is -2.45. The molecule has 1 aliphatic heterocycles. The Hall–Kier alpha value is -2.40. The maximum Gasteiger partial charge on any atom is 0.223 e. The summed E-state index contributed by atoms with van der Waals surface area (Å²) in [7, 11) is 1.70. The third-order valence-corrected chi connectivity index (χ3v) is 6.96. The number of carbonyl (C=O) groups is 1. The molecule has 168 valence electrons. The number of rotatable bonds is 9. The first-order valence-corrected chi connectivity index (χ1v) is 11.4. The Balaban J connectivity index is 1.54. The highest BCUT2D eigenvalue weighted by molar-refractivity contribution is 5.78. The van der Waals surface area contributed by atoms with Gasteiger partial charge in [-0.1, -0.05) is 44.2 Å². The Kier molecular flexibility index (Phi) is 8.08. The number of carbonyl (C=O) groups excluding carboxylic acids is 1. The molecule has 3 rings (SSSR count). The number of nitrogens with one attached hydrogen (secondary N) is 1. The third-order valence-electron chi connectivity index (χ3n) is 6.96. The quantitative estimate of drug-likeness (QED) is 0.619. The van der Waals surface area contributed by atoms with Crippen molar-refractivity contribution < 1.29 is 13.9 Å². The molecule has 2 aromatic carbocycles. The monoisotopic (exact) mass is 426 g/mol. The van der Waals surface area contributed by atoms with Gasteiger partial charge in [-0.05, 0) is 62.5 Å². The molecule has 1 aliphatic rings. The first-order chi connectivity index (χ1) is 15.0. The molecule has 1 heterocycles. The first-order valence-electron chi connectivity index (χ1n) is 11.4. The fourth-order valence-corrected chi connectivity index (χ4v) is 4.64. The lowest BCUT2D eigenvalue weighted by molar-refractivity contribution is -0.126. The van der Waals surface area contributed by atoms with Crippen LogP contribution < -0.4 is 10.1 Å². The van der Waals surface area contributed by atoms with Gasteiger partial charge in [-0.15, -0.1) is 0 Å². The molecule has 1 amide bonds. The predicted octanol–water partition coefficient (Wildman–Crippen LogP) is 4.92. The van der Waals surface area contributed by atoms with Gasteiger partial charge < -0.3 is 10.1 Å². The number of amides is 1. The van der Waals surface area contributed by atoms with Gasteiger partial charge in [0.1, 0.15) is 11.6 Å². The van der Waals surface area contributed by atoms with Gasteiger partial charge in [0.25, 0.3) is 0 Å². The zero-order chi connectivity index (χ0) is 22.3. The minimum Gasteiger partial charge on any atom is -0.496 e. The average molecular weight is 427 g/mol. The highest BCUT2D eigenvalue weighted by Crippen LogP contribution is 2.31. The van der Waals surface area contributed by atoms with Crippen LogP contribution in [0.4, 0.5) is 4.39 Å². The van der Waals surface area contributed by atoms with Crippen molar-refractivity contribution in [3.63, 3.8) is 0 Å². The van der Waals surface area contributed by atoms with Crippen molar-refractivity contribution in [2.24, 2.45) is 5.92 Å². The minimum absolute atomic E-state index is 0.0496. The third kappa shape index (κ3) is 5.65. The lowest BCUT2D eigenvalue weighted by atomic mass is 9.75. The summed E-state index contributed by atoms with van der Waals surface area (Å²) in [4.78, 5) is 15.3. The number of hydrogen-bond donors (Lipinski definition) is 1. The minimum atomic E-state index is -0.228. The molecule has 0 bridgehead atoms.